The number of nitrogens with one attached hydrogen (secondary N) is 2. The second kappa shape index (κ2) is 7.52. The van der Waals surface area contributed by atoms with Crippen molar-refractivity contribution >= 4 is 34.1 Å². The molecule has 0 aliphatic heterocycles. The van der Waals surface area contributed by atoms with Crippen molar-refractivity contribution in [2.45, 2.75) is 37.3 Å². The van der Waals surface area contributed by atoms with E-state index in [1.807, 2.05) is 42.1 Å². The third-order valence-corrected chi connectivity index (χ3v) is 5.47. The number of anilines is 3. The minimum absolute atomic E-state index is 0.0493. The van der Waals surface area contributed by atoms with Crippen molar-refractivity contribution < 1.29 is 13.6 Å². The molecule has 30 heavy (non-hydrogen) atoms. The molecule has 1 fully saturated rings. The number of nitrogens with two attached hydrogens (primary N) is 2. The van der Waals surface area contributed by atoms with E-state index in [9.17, 15) is 13.6 Å². The SMILES string of the molecule is Cn1ccc2c(Nc3nc(NC4CCCC(F)(F)C4N)cnc3C(N)=O)cccc21. The Kier molecular flexibility index (Phi) is 5.02. The van der Waals surface area contributed by atoms with Crippen LogP contribution in [-0.4, -0.2) is 38.4 Å². The van der Waals surface area contributed by atoms with Gasteiger partial charge in [0, 0.05) is 42.3 Å². The van der Waals surface area contributed by atoms with E-state index in [1.54, 1.807) is 0 Å². The molecule has 0 spiro atoms. The lowest BCUT2D eigenvalue weighted by molar-refractivity contribution is -0.0554. The van der Waals surface area contributed by atoms with E-state index < -0.39 is 23.9 Å². The molecule has 3 aromatic rings. The molecular weight excluding hydrogens is 392 g/mol. The summed E-state index contributed by atoms with van der Waals surface area (Å²) in [5, 5.41) is 6.97. The van der Waals surface area contributed by atoms with Crippen molar-refractivity contribution in [3.63, 3.8) is 0 Å². The third kappa shape index (κ3) is 3.65. The van der Waals surface area contributed by atoms with Crippen LogP contribution in [0.15, 0.2) is 36.7 Å². The number of hydrogen-bond acceptors (Lipinski definition) is 6. The van der Waals surface area contributed by atoms with Crippen LogP contribution in [0, 0.1) is 0 Å². The van der Waals surface area contributed by atoms with Crippen LogP contribution in [0.1, 0.15) is 29.8 Å². The monoisotopic (exact) mass is 415 g/mol. The standard InChI is InChI=1S/C20H23F2N7O/c1-29-9-7-11-12(4-2-6-14(11)29)27-19-16(18(24)30)25-10-15(28-19)26-13-5-3-8-20(21,22)17(13)23/h2,4,6-7,9-10,13,17H,3,5,8,23H2,1H3,(H2,24,30)(H2,26,27,28). The Morgan fingerprint density at radius 2 is 2.13 bits per heavy atom. The average Bonchev–Trinajstić information content (AvgIpc) is 3.08. The van der Waals surface area contributed by atoms with Gasteiger partial charge in [-0.15, -0.1) is 0 Å². The Balaban J connectivity index is 1.66. The Morgan fingerprint density at radius 1 is 1.33 bits per heavy atom. The number of carbonyl (C=O) groups is 1. The van der Waals surface area contributed by atoms with Crippen molar-refractivity contribution in [2.24, 2.45) is 18.5 Å². The van der Waals surface area contributed by atoms with Crippen LogP contribution >= 0.6 is 0 Å². The normalized spacial score (nSPS) is 20.8. The molecule has 10 heteroatoms. The molecule has 2 unspecified atom stereocenters. The summed E-state index contributed by atoms with van der Waals surface area (Å²) in [6, 6.07) is 5.61. The van der Waals surface area contributed by atoms with Crippen LogP contribution in [0.3, 0.4) is 0 Å². The highest BCUT2D eigenvalue weighted by Crippen LogP contribution is 2.34. The zero-order chi connectivity index (χ0) is 21.5. The number of aromatic nitrogens is 3. The van der Waals surface area contributed by atoms with Gasteiger partial charge in [-0.1, -0.05) is 6.07 Å². The first-order chi connectivity index (χ1) is 14.3. The van der Waals surface area contributed by atoms with Crippen LogP contribution in [-0.2, 0) is 7.05 Å². The predicted molar refractivity (Wildman–Crippen MR) is 111 cm³/mol. The fourth-order valence-corrected chi connectivity index (χ4v) is 3.82. The van der Waals surface area contributed by atoms with Crippen LogP contribution in [0.4, 0.5) is 26.1 Å². The fraction of sp³-hybridized carbons (Fsp3) is 0.350. The molecule has 0 saturated heterocycles. The van der Waals surface area contributed by atoms with Gasteiger partial charge in [0.15, 0.2) is 11.5 Å². The number of amides is 1. The van der Waals surface area contributed by atoms with E-state index in [0.717, 1.165) is 10.9 Å². The van der Waals surface area contributed by atoms with Gasteiger partial charge >= 0.3 is 0 Å². The molecule has 1 aliphatic carbocycles. The first-order valence-electron chi connectivity index (χ1n) is 9.64. The van der Waals surface area contributed by atoms with Gasteiger partial charge in [-0.25, -0.2) is 18.7 Å². The van der Waals surface area contributed by atoms with E-state index in [0.29, 0.717) is 18.5 Å². The van der Waals surface area contributed by atoms with E-state index in [-0.39, 0.29) is 23.8 Å². The van der Waals surface area contributed by atoms with Gasteiger partial charge in [0.25, 0.3) is 11.8 Å². The molecule has 1 saturated carbocycles. The number of aryl methyl sites for hydroxylation is 1. The summed E-state index contributed by atoms with van der Waals surface area (Å²) in [6.07, 6.45) is 3.83. The number of alkyl halides is 2. The number of nitrogens with zero attached hydrogens (tertiary/aromatic N) is 3. The van der Waals surface area contributed by atoms with Gasteiger partial charge in [0.2, 0.25) is 0 Å². The average molecular weight is 415 g/mol. The van der Waals surface area contributed by atoms with E-state index in [4.69, 9.17) is 11.5 Å². The van der Waals surface area contributed by atoms with Crippen molar-refractivity contribution in [1.29, 1.82) is 0 Å². The molecule has 1 aromatic carbocycles. The lowest BCUT2D eigenvalue weighted by Crippen LogP contribution is -2.55. The van der Waals surface area contributed by atoms with Crippen LogP contribution in [0.25, 0.3) is 10.9 Å². The molecule has 0 radical (unpaired) electrons. The summed E-state index contributed by atoms with van der Waals surface area (Å²) in [6.45, 7) is 0. The van der Waals surface area contributed by atoms with Crippen molar-refractivity contribution in [3.05, 3.63) is 42.4 Å². The molecule has 8 nitrogen and oxygen atoms in total. The Bertz CT molecular complexity index is 1100. The maximum absolute atomic E-state index is 14.0. The summed E-state index contributed by atoms with van der Waals surface area (Å²) in [5.41, 5.74) is 12.9. The summed E-state index contributed by atoms with van der Waals surface area (Å²) in [4.78, 5) is 20.3. The number of benzene rings is 1. The maximum atomic E-state index is 14.0. The summed E-state index contributed by atoms with van der Waals surface area (Å²) in [7, 11) is 1.93. The van der Waals surface area contributed by atoms with Gasteiger partial charge in [0.1, 0.15) is 5.82 Å². The minimum atomic E-state index is -2.94. The molecule has 6 N–H and O–H groups in total. The Hall–Kier alpha value is -3.27. The molecule has 1 aliphatic rings. The molecule has 2 heterocycles. The summed E-state index contributed by atoms with van der Waals surface area (Å²) in [5.74, 6) is -3.32. The van der Waals surface area contributed by atoms with Gasteiger partial charge in [-0.2, -0.15) is 0 Å². The molecule has 2 atom stereocenters. The zero-order valence-corrected chi connectivity index (χ0v) is 16.4. The van der Waals surface area contributed by atoms with E-state index >= 15 is 0 Å². The van der Waals surface area contributed by atoms with E-state index in [2.05, 4.69) is 20.6 Å². The minimum Gasteiger partial charge on any atom is -0.364 e. The second-order valence-corrected chi connectivity index (χ2v) is 7.54. The van der Waals surface area contributed by atoms with E-state index in [1.165, 1.54) is 6.20 Å². The van der Waals surface area contributed by atoms with Gasteiger partial charge in [-0.3, -0.25) is 4.79 Å². The number of carbonyl (C=O) groups excluding carboxylic acids is 1. The molecule has 0 bridgehead atoms. The number of fused-ring (bicyclic) bond motifs is 1. The maximum Gasteiger partial charge on any atom is 0.271 e. The first-order valence-corrected chi connectivity index (χ1v) is 9.64. The molecule has 1 amide bonds. The fourth-order valence-electron chi connectivity index (χ4n) is 3.82. The molecular formula is C20H23F2N7O. The lowest BCUT2D eigenvalue weighted by atomic mass is 9.87. The van der Waals surface area contributed by atoms with Crippen molar-refractivity contribution in [3.8, 4) is 0 Å². The first kappa shape index (κ1) is 20.0. The molecule has 158 valence electrons. The van der Waals surface area contributed by atoms with Crippen LogP contribution in [0.5, 0.6) is 0 Å². The highest BCUT2D eigenvalue weighted by Gasteiger charge is 2.44. The van der Waals surface area contributed by atoms with Crippen molar-refractivity contribution in [2.75, 3.05) is 10.6 Å². The van der Waals surface area contributed by atoms with Crippen LogP contribution in [0.2, 0.25) is 0 Å². The van der Waals surface area contributed by atoms with Gasteiger partial charge < -0.3 is 26.7 Å². The largest absolute Gasteiger partial charge is 0.364 e. The molecule has 2 aromatic heterocycles. The number of primary amides is 1. The Morgan fingerprint density at radius 3 is 2.90 bits per heavy atom. The van der Waals surface area contributed by atoms with Crippen molar-refractivity contribution in [1.82, 2.24) is 14.5 Å². The lowest BCUT2D eigenvalue weighted by Gasteiger charge is -2.36. The van der Waals surface area contributed by atoms with Gasteiger partial charge in [-0.05, 0) is 31.0 Å². The van der Waals surface area contributed by atoms with Gasteiger partial charge in [0.05, 0.1) is 12.2 Å². The summed E-state index contributed by atoms with van der Waals surface area (Å²) >= 11 is 0. The second-order valence-electron chi connectivity index (χ2n) is 7.54. The predicted octanol–water partition coefficient (Wildman–Crippen LogP) is 2.74. The highest BCUT2D eigenvalue weighted by atomic mass is 19.3. The third-order valence-electron chi connectivity index (χ3n) is 5.47. The zero-order valence-electron chi connectivity index (χ0n) is 16.4. The number of rotatable bonds is 5. The highest BCUT2D eigenvalue weighted by molar-refractivity contribution is 5.99. The topological polar surface area (TPSA) is 124 Å². The summed E-state index contributed by atoms with van der Waals surface area (Å²) < 4.78 is 29.9. The quantitative estimate of drug-likeness (QED) is 0.508. The van der Waals surface area contributed by atoms with Crippen LogP contribution < -0.4 is 22.1 Å². The smallest absolute Gasteiger partial charge is 0.271 e. The molecule has 4 rings (SSSR count). The number of halogens is 2. The Labute approximate surface area is 171 Å². The number of hydrogen-bond donors (Lipinski definition) is 4.